The molecule has 2 amide bonds. The molecule has 0 atom stereocenters. The number of amides is 2. The van der Waals surface area contributed by atoms with Gasteiger partial charge in [0.15, 0.2) is 6.73 Å². The van der Waals surface area contributed by atoms with Crippen LogP contribution in [0, 0.1) is 11.3 Å². The Bertz CT molecular complexity index is 742. The second-order valence-electron chi connectivity index (χ2n) is 4.47. The van der Waals surface area contributed by atoms with Gasteiger partial charge in [-0.2, -0.15) is 5.26 Å². The Kier molecular flexibility index (Phi) is 3.13. The van der Waals surface area contributed by atoms with E-state index in [9.17, 15) is 9.59 Å². The summed E-state index contributed by atoms with van der Waals surface area (Å²) in [6.07, 6.45) is 0. The van der Waals surface area contributed by atoms with Gasteiger partial charge < -0.3 is 4.74 Å². The summed E-state index contributed by atoms with van der Waals surface area (Å²) in [7, 11) is 0. The lowest BCUT2D eigenvalue weighted by molar-refractivity contribution is 0.0522. The molecule has 2 aromatic rings. The SMILES string of the molecule is N#Cc1ccccc1OCN1C(=O)c2ccccc2C1=O. The van der Waals surface area contributed by atoms with E-state index < -0.39 is 0 Å². The van der Waals surface area contributed by atoms with Crippen molar-refractivity contribution >= 4 is 11.8 Å². The fraction of sp³-hybridized carbons (Fsp3) is 0.0625. The van der Waals surface area contributed by atoms with Crippen molar-refractivity contribution in [2.75, 3.05) is 6.73 Å². The molecular weight excluding hydrogens is 268 g/mol. The molecule has 0 saturated heterocycles. The van der Waals surface area contributed by atoms with E-state index >= 15 is 0 Å². The van der Waals surface area contributed by atoms with Gasteiger partial charge in [0.05, 0.1) is 16.7 Å². The molecule has 5 nitrogen and oxygen atoms in total. The maximum absolute atomic E-state index is 12.1. The number of fused-ring (bicyclic) bond motifs is 1. The monoisotopic (exact) mass is 278 g/mol. The number of carbonyl (C=O) groups is 2. The zero-order valence-corrected chi connectivity index (χ0v) is 10.9. The minimum Gasteiger partial charge on any atom is -0.471 e. The van der Waals surface area contributed by atoms with Gasteiger partial charge in [-0.3, -0.25) is 9.59 Å². The molecule has 0 bridgehead atoms. The van der Waals surface area contributed by atoms with Crippen molar-refractivity contribution in [3.05, 3.63) is 65.2 Å². The quantitative estimate of drug-likeness (QED) is 0.807. The molecule has 0 unspecified atom stereocenters. The first kappa shape index (κ1) is 12.9. The summed E-state index contributed by atoms with van der Waals surface area (Å²) in [4.78, 5) is 25.3. The summed E-state index contributed by atoms with van der Waals surface area (Å²) < 4.78 is 5.45. The van der Waals surface area contributed by atoms with Gasteiger partial charge in [0.25, 0.3) is 11.8 Å². The van der Waals surface area contributed by atoms with E-state index in [4.69, 9.17) is 10.00 Å². The molecule has 0 saturated carbocycles. The van der Waals surface area contributed by atoms with E-state index in [2.05, 4.69) is 0 Å². The molecule has 1 aliphatic rings. The summed E-state index contributed by atoms with van der Waals surface area (Å²) in [6.45, 7) is -0.217. The number of ether oxygens (including phenoxy) is 1. The number of carbonyl (C=O) groups excluding carboxylic acids is 2. The van der Waals surface area contributed by atoms with Crippen molar-refractivity contribution in [1.82, 2.24) is 4.90 Å². The maximum Gasteiger partial charge on any atom is 0.264 e. The largest absolute Gasteiger partial charge is 0.471 e. The molecule has 3 rings (SSSR count). The van der Waals surface area contributed by atoms with Gasteiger partial charge in [-0.15, -0.1) is 0 Å². The zero-order chi connectivity index (χ0) is 14.8. The van der Waals surface area contributed by atoms with E-state index in [1.54, 1.807) is 48.5 Å². The van der Waals surface area contributed by atoms with Gasteiger partial charge in [0.1, 0.15) is 11.8 Å². The number of benzene rings is 2. The topological polar surface area (TPSA) is 70.4 Å². The fourth-order valence-corrected chi connectivity index (χ4v) is 2.18. The van der Waals surface area contributed by atoms with Gasteiger partial charge in [-0.25, -0.2) is 4.90 Å². The Balaban J connectivity index is 1.80. The van der Waals surface area contributed by atoms with E-state index in [0.717, 1.165) is 4.90 Å². The Morgan fingerprint density at radius 3 is 2.14 bits per heavy atom. The fourth-order valence-electron chi connectivity index (χ4n) is 2.18. The molecule has 0 aromatic heterocycles. The second kappa shape index (κ2) is 5.10. The maximum atomic E-state index is 12.1. The molecule has 0 radical (unpaired) electrons. The van der Waals surface area contributed by atoms with Crippen LogP contribution >= 0.6 is 0 Å². The van der Waals surface area contributed by atoms with Gasteiger partial charge in [0, 0.05) is 0 Å². The first-order chi connectivity index (χ1) is 10.2. The third kappa shape index (κ3) is 2.13. The van der Waals surface area contributed by atoms with Crippen molar-refractivity contribution in [1.29, 1.82) is 5.26 Å². The first-order valence-electron chi connectivity index (χ1n) is 6.29. The minimum atomic E-state index is -0.384. The number of imide groups is 1. The lowest BCUT2D eigenvalue weighted by Crippen LogP contribution is -2.33. The number of para-hydroxylation sites is 1. The molecule has 5 heteroatoms. The highest BCUT2D eigenvalue weighted by Gasteiger charge is 2.35. The summed E-state index contributed by atoms with van der Waals surface area (Å²) in [6, 6.07) is 15.3. The number of nitrogens with zero attached hydrogens (tertiary/aromatic N) is 2. The van der Waals surface area contributed by atoms with Crippen LogP contribution in [0.3, 0.4) is 0 Å². The summed E-state index contributed by atoms with van der Waals surface area (Å²) >= 11 is 0. The van der Waals surface area contributed by atoms with Crippen molar-refractivity contribution in [3.8, 4) is 11.8 Å². The molecule has 0 aliphatic carbocycles. The Hall–Kier alpha value is -3.13. The molecular formula is C16H10N2O3. The normalized spacial score (nSPS) is 13.0. The van der Waals surface area contributed by atoms with E-state index in [-0.39, 0.29) is 18.5 Å². The molecule has 0 spiro atoms. The van der Waals surface area contributed by atoms with Crippen LogP contribution in [0.5, 0.6) is 5.75 Å². The van der Waals surface area contributed by atoms with E-state index in [1.165, 1.54) is 0 Å². The lowest BCUT2D eigenvalue weighted by Gasteiger charge is -2.15. The number of nitriles is 1. The highest BCUT2D eigenvalue weighted by molar-refractivity contribution is 6.21. The van der Waals surface area contributed by atoms with Crippen molar-refractivity contribution in [2.24, 2.45) is 0 Å². The van der Waals surface area contributed by atoms with E-state index in [0.29, 0.717) is 22.4 Å². The van der Waals surface area contributed by atoms with Crippen LogP contribution in [0.15, 0.2) is 48.5 Å². The van der Waals surface area contributed by atoms with Gasteiger partial charge in [0.2, 0.25) is 0 Å². The van der Waals surface area contributed by atoms with Crippen LogP contribution in [-0.2, 0) is 0 Å². The van der Waals surface area contributed by atoms with E-state index in [1.807, 2.05) is 6.07 Å². The summed E-state index contributed by atoms with van der Waals surface area (Å²) in [5.41, 5.74) is 1.11. The summed E-state index contributed by atoms with van der Waals surface area (Å²) in [5.74, 6) is -0.424. The average molecular weight is 278 g/mol. The number of rotatable bonds is 3. The highest BCUT2D eigenvalue weighted by Crippen LogP contribution is 2.23. The minimum absolute atomic E-state index is 0.217. The highest BCUT2D eigenvalue weighted by atomic mass is 16.5. The number of hydrogen-bond donors (Lipinski definition) is 0. The van der Waals surface area contributed by atoms with Gasteiger partial charge in [-0.1, -0.05) is 24.3 Å². The van der Waals surface area contributed by atoms with Crippen LogP contribution in [0.1, 0.15) is 26.3 Å². The third-order valence-corrected chi connectivity index (χ3v) is 3.23. The van der Waals surface area contributed by atoms with Gasteiger partial charge in [-0.05, 0) is 24.3 Å². The van der Waals surface area contributed by atoms with Crippen LogP contribution in [-0.4, -0.2) is 23.4 Å². The third-order valence-electron chi connectivity index (χ3n) is 3.23. The zero-order valence-electron chi connectivity index (χ0n) is 10.9. The Morgan fingerprint density at radius 1 is 0.952 bits per heavy atom. The molecule has 0 fully saturated rings. The Labute approximate surface area is 121 Å². The molecule has 102 valence electrons. The standard InChI is InChI=1S/C16H10N2O3/c17-9-11-5-1-4-8-14(11)21-10-18-15(19)12-6-2-3-7-13(12)16(18)20/h1-8H,10H2. The van der Waals surface area contributed by atoms with Crippen molar-refractivity contribution in [3.63, 3.8) is 0 Å². The van der Waals surface area contributed by atoms with Gasteiger partial charge >= 0.3 is 0 Å². The predicted molar refractivity (Wildman–Crippen MR) is 73.6 cm³/mol. The predicted octanol–water partition coefficient (Wildman–Crippen LogP) is 2.19. The van der Waals surface area contributed by atoms with Crippen LogP contribution in [0.2, 0.25) is 0 Å². The number of hydrogen-bond acceptors (Lipinski definition) is 4. The van der Waals surface area contributed by atoms with Crippen molar-refractivity contribution < 1.29 is 14.3 Å². The molecule has 21 heavy (non-hydrogen) atoms. The second-order valence-corrected chi connectivity index (χ2v) is 4.47. The lowest BCUT2D eigenvalue weighted by atomic mass is 10.1. The first-order valence-corrected chi connectivity index (χ1v) is 6.29. The summed E-state index contributed by atoms with van der Waals surface area (Å²) in [5, 5.41) is 8.98. The smallest absolute Gasteiger partial charge is 0.264 e. The average Bonchev–Trinajstić information content (AvgIpc) is 2.78. The van der Waals surface area contributed by atoms with Crippen molar-refractivity contribution in [2.45, 2.75) is 0 Å². The Morgan fingerprint density at radius 2 is 1.52 bits per heavy atom. The van der Waals surface area contributed by atoms with Crippen LogP contribution in [0.25, 0.3) is 0 Å². The molecule has 1 heterocycles. The molecule has 0 N–H and O–H groups in total. The molecule has 1 aliphatic heterocycles. The van der Waals surface area contributed by atoms with Crippen LogP contribution in [0.4, 0.5) is 0 Å². The molecule has 2 aromatic carbocycles. The van der Waals surface area contributed by atoms with Crippen LogP contribution < -0.4 is 4.74 Å².